The summed E-state index contributed by atoms with van der Waals surface area (Å²) in [5, 5.41) is 2.86. The maximum absolute atomic E-state index is 12.1. The van der Waals surface area contributed by atoms with Gasteiger partial charge in [-0.25, -0.2) is 0 Å². The monoisotopic (exact) mass is 321 g/mol. The predicted octanol–water partition coefficient (Wildman–Crippen LogP) is 3.23. The van der Waals surface area contributed by atoms with E-state index in [1.807, 2.05) is 13.8 Å². The first-order valence-corrected chi connectivity index (χ1v) is 7.55. The smallest absolute Gasteiger partial charge is 0.384 e. The van der Waals surface area contributed by atoms with Gasteiger partial charge in [0.2, 0.25) is 0 Å². The first-order valence-electron chi connectivity index (χ1n) is 6.57. The summed E-state index contributed by atoms with van der Waals surface area (Å²) < 4.78 is 36.0. The number of halogens is 3. The highest BCUT2D eigenvalue weighted by Gasteiger charge is 2.27. The molecule has 1 amide bonds. The van der Waals surface area contributed by atoms with Crippen molar-refractivity contribution in [2.45, 2.75) is 19.4 Å². The molecule has 0 bridgehead atoms. The van der Waals surface area contributed by atoms with Gasteiger partial charge in [-0.05, 0) is 37.7 Å². The summed E-state index contributed by atoms with van der Waals surface area (Å²) >= 11 is -0.0778. The van der Waals surface area contributed by atoms with E-state index in [4.69, 9.17) is 0 Å². The summed E-state index contributed by atoms with van der Waals surface area (Å²) in [6.45, 7) is 5.07. The van der Waals surface area contributed by atoms with Crippen LogP contribution in [-0.2, 0) is 0 Å². The number of amides is 1. The van der Waals surface area contributed by atoms with E-state index >= 15 is 0 Å². The predicted molar refractivity (Wildman–Crippen MR) is 78.5 cm³/mol. The number of thioether (sulfide) groups is 1. The fourth-order valence-corrected chi connectivity index (χ4v) is 2.13. The molecular formula is C13H18F3N3OS. The first kappa shape index (κ1) is 17.6. The van der Waals surface area contributed by atoms with Crippen molar-refractivity contribution in [3.63, 3.8) is 0 Å². The lowest BCUT2D eigenvalue weighted by atomic mass is 10.2. The molecule has 8 heteroatoms. The third-order valence-corrected chi connectivity index (χ3v) is 3.46. The van der Waals surface area contributed by atoms with E-state index in [1.165, 1.54) is 6.20 Å². The van der Waals surface area contributed by atoms with Gasteiger partial charge in [0.05, 0.1) is 0 Å². The average Bonchev–Trinajstić information content (AvgIpc) is 2.44. The Labute approximate surface area is 126 Å². The number of hydrogen-bond acceptors (Lipinski definition) is 4. The highest BCUT2D eigenvalue weighted by Crippen LogP contribution is 2.29. The third kappa shape index (κ3) is 6.24. The molecule has 1 aromatic heterocycles. The van der Waals surface area contributed by atoms with Crippen LogP contribution in [0.1, 0.15) is 24.3 Å². The molecule has 0 unspecified atom stereocenters. The second-order valence-corrected chi connectivity index (χ2v) is 5.29. The number of alkyl halides is 3. The van der Waals surface area contributed by atoms with Crippen LogP contribution in [0, 0.1) is 0 Å². The van der Waals surface area contributed by atoms with Crippen LogP contribution in [0.25, 0.3) is 0 Å². The lowest BCUT2D eigenvalue weighted by Crippen LogP contribution is -2.31. The van der Waals surface area contributed by atoms with E-state index < -0.39 is 5.51 Å². The molecular weight excluding hydrogens is 303 g/mol. The first-order chi connectivity index (χ1) is 9.87. The molecule has 0 saturated carbocycles. The number of aromatic nitrogens is 1. The van der Waals surface area contributed by atoms with Crippen molar-refractivity contribution in [2.24, 2.45) is 0 Å². The van der Waals surface area contributed by atoms with E-state index in [2.05, 4.69) is 10.3 Å². The van der Waals surface area contributed by atoms with Crippen molar-refractivity contribution in [3.8, 4) is 0 Å². The van der Waals surface area contributed by atoms with Crippen molar-refractivity contribution in [1.29, 1.82) is 0 Å². The van der Waals surface area contributed by atoms with Gasteiger partial charge < -0.3 is 10.2 Å². The van der Waals surface area contributed by atoms with Crippen LogP contribution in [-0.4, -0.2) is 46.7 Å². The van der Waals surface area contributed by atoms with Gasteiger partial charge in [-0.1, -0.05) is 0 Å². The molecule has 0 aromatic carbocycles. The van der Waals surface area contributed by atoms with Crippen LogP contribution < -0.4 is 5.32 Å². The summed E-state index contributed by atoms with van der Waals surface area (Å²) in [5.41, 5.74) is -3.35. The molecule has 0 radical (unpaired) electrons. The molecule has 0 spiro atoms. The topological polar surface area (TPSA) is 45.2 Å². The van der Waals surface area contributed by atoms with Gasteiger partial charge in [0.1, 0.15) is 5.69 Å². The molecule has 4 nitrogen and oxygen atoms in total. The number of anilines is 1. The highest BCUT2D eigenvalue weighted by molar-refractivity contribution is 8.00. The van der Waals surface area contributed by atoms with E-state index in [0.717, 1.165) is 0 Å². The maximum Gasteiger partial charge on any atom is 0.441 e. The van der Waals surface area contributed by atoms with Crippen molar-refractivity contribution >= 4 is 23.4 Å². The van der Waals surface area contributed by atoms with Crippen molar-refractivity contribution in [1.82, 2.24) is 9.88 Å². The molecule has 1 rings (SSSR count). The van der Waals surface area contributed by atoms with Crippen molar-refractivity contribution in [2.75, 3.05) is 30.7 Å². The number of nitrogens with zero attached hydrogens (tertiary/aromatic N) is 2. The van der Waals surface area contributed by atoms with Gasteiger partial charge in [-0.15, -0.1) is 0 Å². The summed E-state index contributed by atoms with van der Waals surface area (Å²) in [6, 6.07) is 3.18. The van der Waals surface area contributed by atoms with Gasteiger partial charge in [-0.2, -0.15) is 13.2 Å². The van der Waals surface area contributed by atoms with E-state index in [1.54, 1.807) is 17.0 Å². The lowest BCUT2D eigenvalue weighted by molar-refractivity contribution is -0.0327. The zero-order chi connectivity index (χ0) is 15.9. The largest absolute Gasteiger partial charge is 0.441 e. The molecule has 0 fully saturated rings. The Balaban J connectivity index is 2.58. The Bertz CT molecular complexity index is 464. The lowest BCUT2D eigenvalue weighted by Gasteiger charge is -2.18. The maximum atomic E-state index is 12.1. The SMILES string of the molecule is CCN(CC)C(=O)c1cc(NCCSC(F)(F)F)ccn1. The van der Waals surface area contributed by atoms with Gasteiger partial charge in [-0.3, -0.25) is 9.78 Å². The molecule has 21 heavy (non-hydrogen) atoms. The number of nitrogens with one attached hydrogen (secondary N) is 1. The summed E-state index contributed by atoms with van der Waals surface area (Å²) in [7, 11) is 0. The summed E-state index contributed by atoms with van der Waals surface area (Å²) in [4.78, 5) is 17.7. The highest BCUT2D eigenvalue weighted by atomic mass is 32.2. The number of carbonyl (C=O) groups excluding carboxylic acids is 1. The standard InChI is InChI=1S/C13H18F3N3OS/c1-3-19(4-2)12(20)11-9-10(5-6-18-11)17-7-8-21-13(14,15)16/h5-6,9H,3-4,7-8H2,1-2H3,(H,17,18). The Morgan fingerprint density at radius 3 is 2.62 bits per heavy atom. The zero-order valence-corrected chi connectivity index (χ0v) is 12.7. The normalized spacial score (nSPS) is 11.3. The molecule has 1 heterocycles. The summed E-state index contributed by atoms with van der Waals surface area (Å²) in [6.07, 6.45) is 1.47. The second-order valence-electron chi connectivity index (χ2n) is 4.13. The van der Waals surface area contributed by atoms with Crippen LogP contribution in [0.4, 0.5) is 18.9 Å². The molecule has 0 atom stereocenters. The second kappa shape index (κ2) is 8.11. The number of pyridine rings is 1. The minimum Gasteiger partial charge on any atom is -0.384 e. The van der Waals surface area contributed by atoms with E-state index in [0.29, 0.717) is 18.8 Å². The van der Waals surface area contributed by atoms with Gasteiger partial charge in [0.15, 0.2) is 0 Å². The molecule has 1 N–H and O–H groups in total. The molecule has 0 aliphatic heterocycles. The fraction of sp³-hybridized carbons (Fsp3) is 0.538. The van der Waals surface area contributed by atoms with Gasteiger partial charge >= 0.3 is 5.51 Å². The number of hydrogen-bond donors (Lipinski definition) is 1. The Hall–Kier alpha value is -1.44. The number of rotatable bonds is 7. The average molecular weight is 321 g/mol. The fourth-order valence-electron chi connectivity index (χ4n) is 1.69. The minimum absolute atomic E-state index is 0.0778. The van der Waals surface area contributed by atoms with Crippen molar-refractivity contribution < 1.29 is 18.0 Å². The molecule has 1 aromatic rings. The Morgan fingerprint density at radius 1 is 1.38 bits per heavy atom. The van der Waals surface area contributed by atoms with Crippen LogP contribution in [0.15, 0.2) is 18.3 Å². The molecule has 0 saturated heterocycles. The third-order valence-electron chi connectivity index (χ3n) is 2.73. The Kier molecular flexibility index (Phi) is 6.80. The van der Waals surface area contributed by atoms with Crippen LogP contribution >= 0.6 is 11.8 Å². The van der Waals surface area contributed by atoms with E-state index in [9.17, 15) is 18.0 Å². The zero-order valence-electron chi connectivity index (χ0n) is 11.9. The van der Waals surface area contributed by atoms with Crippen LogP contribution in [0.2, 0.25) is 0 Å². The number of carbonyl (C=O) groups is 1. The van der Waals surface area contributed by atoms with Crippen molar-refractivity contribution in [3.05, 3.63) is 24.0 Å². The molecule has 0 aliphatic carbocycles. The van der Waals surface area contributed by atoms with Gasteiger partial charge in [0.25, 0.3) is 5.91 Å². The molecule has 0 aliphatic rings. The molecule has 118 valence electrons. The minimum atomic E-state index is -4.22. The van der Waals surface area contributed by atoms with Crippen LogP contribution in [0.3, 0.4) is 0 Å². The van der Waals surface area contributed by atoms with Crippen LogP contribution in [0.5, 0.6) is 0 Å². The van der Waals surface area contributed by atoms with Gasteiger partial charge in [0, 0.05) is 37.3 Å². The Morgan fingerprint density at radius 2 is 2.05 bits per heavy atom. The van der Waals surface area contributed by atoms with E-state index in [-0.39, 0.29) is 35.7 Å². The summed E-state index contributed by atoms with van der Waals surface area (Å²) in [5.74, 6) is -0.279. The quantitative estimate of drug-likeness (QED) is 0.783.